The van der Waals surface area contributed by atoms with Crippen LogP contribution in [0.1, 0.15) is 30.6 Å². The van der Waals surface area contributed by atoms with Gasteiger partial charge in [0.05, 0.1) is 5.75 Å². The van der Waals surface area contributed by atoms with Gasteiger partial charge in [0.25, 0.3) is 0 Å². The quantitative estimate of drug-likeness (QED) is 0.768. The fourth-order valence-electron chi connectivity index (χ4n) is 2.59. The van der Waals surface area contributed by atoms with Gasteiger partial charge in [-0.3, -0.25) is 9.69 Å². The van der Waals surface area contributed by atoms with Crippen LogP contribution >= 0.6 is 11.3 Å². The second kappa shape index (κ2) is 8.05. The first kappa shape index (κ1) is 17.4. The lowest BCUT2D eigenvalue weighted by Crippen LogP contribution is -2.44. The smallest absolute Gasteiger partial charge is 0.220 e. The van der Waals surface area contributed by atoms with Crippen LogP contribution in [-0.4, -0.2) is 44.1 Å². The van der Waals surface area contributed by atoms with Gasteiger partial charge in [0.2, 0.25) is 15.9 Å². The molecule has 1 amide bonds. The summed E-state index contributed by atoms with van der Waals surface area (Å²) in [7, 11) is -3.47. The van der Waals surface area contributed by atoms with Crippen molar-refractivity contribution in [3.63, 3.8) is 0 Å². The molecule has 1 fully saturated rings. The summed E-state index contributed by atoms with van der Waals surface area (Å²) < 4.78 is 21.6. The maximum absolute atomic E-state index is 11.8. The van der Waals surface area contributed by atoms with Crippen LogP contribution in [0.3, 0.4) is 0 Å². The Kier molecular flexibility index (Phi) is 6.37. The zero-order valence-electron chi connectivity index (χ0n) is 12.5. The largest absolute Gasteiger partial charge is 0.353 e. The standard InChI is InChI=1S/C14H23N3O3S2/c15-22(19,20)10-2-4-14(18)16-12-5-7-17(8-6-12)11-13-3-1-9-21-13/h1,3,9,12H,2,4-8,10-11H2,(H,16,18)(H2,15,19,20). The Bertz CT molecular complexity index is 564. The summed E-state index contributed by atoms with van der Waals surface area (Å²) in [6, 6.07) is 4.40. The molecular weight excluding hydrogens is 322 g/mol. The molecule has 6 nitrogen and oxygen atoms in total. The highest BCUT2D eigenvalue weighted by atomic mass is 32.2. The van der Waals surface area contributed by atoms with E-state index in [4.69, 9.17) is 5.14 Å². The third-order valence-electron chi connectivity index (χ3n) is 3.74. The molecule has 1 aromatic heterocycles. The second-order valence-corrected chi connectivity index (χ2v) is 8.43. The zero-order chi connectivity index (χ0) is 16.0. The summed E-state index contributed by atoms with van der Waals surface area (Å²) in [6.45, 7) is 2.92. The number of nitrogens with two attached hydrogens (primary N) is 1. The van der Waals surface area contributed by atoms with E-state index < -0.39 is 10.0 Å². The number of primary sulfonamides is 1. The molecule has 2 heterocycles. The molecule has 1 aromatic rings. The Morgan fingerprint density at radius 1 is 1.41 bits per heavy atom. The van der Waals surface area contributed by atoms with Gasteiger partial charge < -0.3 is 5.32 Å². The summed E-state index contributed by atoms with van der Waals surface area (Å²) in [5.41, 5.74) is 0. The van der Waals surface area contributed by atoms with Crippen molar-refractivity contribution in [1.82, 2.24) is 10.2 Å². The lowest BCUT2D eigenvalue weighted by molar-refractivity contribution is -0.122. The minimum Gasteiger partial charge on any atom is -0.353 e. The van der Waals surface area contributed by atoms with Crippen LogP contribution in [0.4, 0.5) is 0 Å². The summed E-state index contributed by atoms with van der Waals surface area (Å²) in [5.74, 6) is -0.222. The first-order chi connectivity index (χ1) is 10.4. The molecule has 2 rings (SSSR count). The molecule has 0 aromatic carbocycles. The molecule has 0 spiro atoms. The molecule has 124 valence electrons. The van der Waals surface area contributed by atoms with Gasteiger partial charge in [0.15, 0.2) is 0 Å². The highest BCUT2D eigenvalue weighted by molar-refractivity contribution is 7.89. The van der Waals surface area contributed by atoms with E-state index in [1.165, 1.54) is 4.88 Å². The molecule has 0 atom stereocenters. The minimum absolute atomic E-state index is 0.0830. The lowest BCUT2D eigenvalue weighted by Gasteiger charge is -2.32. The minimum atomic E-state index is -3.47. The monoisotopic (exact) mass is 345 g/mol. The fourth-order valence-corrected chi connectivity index (χ4v) is 3.88. The lowest BCUT2D eigenvalue weighted by atomic mass is 10.0. The van der Waals surface area contributed by atoms with Crippen molar-refractivity contribution in [1.29, 1.82) is 0 Å². The van der Waals surface area contributed by atoms with Crippen molar-refractivity contribution < 1.29 is 13.2 Å². The van der Waals surface area contributed by atoms with Crippen LogP contribution in [0, 0.1) is 0 Å². The molecule has 8 heteroatoms. The SMILES string of the molecule is NS(=O)(=O)CCCC(=O)NC1CCN(Cc2cccs2)CC1. The van der Waals surface area contributed by atoms with Gasteiger partial charge in [0, 0.05) is 37.0 Å². The molecular formula is C14H23N3O3S2. The summed E-state index contributed by atoms with van der Waals surface area (Å²) in [6.07, 6.45) is 2.37. The number of hydrogen-bond acceptors (Lipinski definition) is 5. The van der Waals surface area contributed by atoms with E-state index in [1.807, 2.05) is 0 Å². The highest BCUT2D eigenvalue weighted by Crippen LogP contribution is 2.16. The number of sulfonamides is 1. The first-order valence-electron chi connectivity index (χ1n) is 7.47. The molecule has 1 saturated heterocycles. The van der Waals surface area contributed by atoms with Crippen molar-refractivity contribution in [2.45, 2.75) is 38.3 Å². The van der Waals surface area contributed by atoms with Crippen LogP contribution in [-0.2, 0) is 21.4 Å². The fraction of sp³-hybridized carbons (Fsp3) is 0.643. The Labute approximate surface area is 135 Å². The normalized spacial score (nSPS) is 17.5. The van der Waals surface area contributed by atoms with E-state index in [2.05, 4.69) is 27.7 Å². The van der Waals surface area contributed by atoms with Gasteiger partial charge in [-0.25, -0.2) is 13.6 Å². The molecule has 0 saturated carbocycles. The Balaban J connectivity index is 1.63. The Hall–Kier alpha value is -0.960. The van der Waals surface area contributed by atoms with Gasteiger partial charge in [-0.15, -0.1) is 11.3 Å². The number of piperidine rings is 1. The third-order valence-corrected chi connectivity index (χ3v) is 5.46. The average Bonchev–Trinajstić information content (AvgIpc) is 2.92. The van der Waals surface area contributed by atoms with Crippen molar-refractivity contribution in [2.24, 2.45) is 5.14 Å². The number of likely N-dealkylation sites (tertiary alicyclic amines) is 1. The van der Waals surface area contributed by atoms with Gasteiger partial charge in [0.1, 0.15) is 0 Å². The second-order valence-electron chi connectivity index (χ2n) is 5.67. The van der Waals surface area contributed by atoms with Gasteiger partial charge in [-0.1, -0.05) is 6.07 Å². The van der Waals surface area contributed by atoms with E-state index in [9.17, 15) is 13.2 Å². The van der Waals surface area contributed by atoms with E-state index in [0.717, 1.165) is 32.5 Å². The van der Waals surface area contributed by atoms with E-state index in [-0.39, 0.29) is 30.5 Å². The summed E-state index contributed by atoms with van der Waals surface area (Å²) >= 11 is 1.77. The Morgan fingerprint density at radius 2 is 2.14 bits per heavy atom. The van der Waals surface area contributed by atoms with Gasteiger partial charge in [-0.2, -0.15) is 0 Å². The first-order valence-corrected chi connectivity index (χ1v) is 10.1. The molecule has 1 aliphatic heterocycles. The van der Waals surface area contributed by atoms with E-state index in [1.54, 1.807) is 11.3 Å². The topological polar surface area (TPSA) is 92.5 Å². The van der Waals surface area contributed by atoms with Crippen LogP contribution in [0.5, 0.6) is 0 Å². The van der Waals surface area contributed by atoms with Gasteiger partial charge >= 0.3 is 0 Å². The van der Waals surface area contributed by atoms with E-state index in [0.29, 0.717) is 0 Å². The number of rotatable bonds is 7. The number of thiophene rings is 1. The van der Waals surface area contributed by atoms with Crippen LogP contribution < -0.4 is 10.5 Å². The van der Waals surface area contributed by atoms with Crippen LogP contribution in [0.25, 0.3) is 0 Å². The Morgan fingerprint density at radius 3 is 2.73 bits per heavy atom. The maximum Gasteiger partial charge on any atom is 0.220 e. The molecule has 22 heavy (non-hydrogen) atoms. The van der Waals surface area contributed by atoms with Crippen molar-refractivity contribution >= 4 is 27.3 Å². The highest BCUT2D eigenvalue weighted by Gasteiger charge is 2.20. The molecule has 0 aliphatic carbocycles. The number of carbonyl (C=O) groups is 1. The van der Waals surface area contributed by atoms with Crippen LogP contribution in [0.2, 0.25) is 0 Å². The number of hydrogen-bond donors (Lipinski definition) is 2. The predicted octanol–water partition coefficient (Wildman–Crippen LogP) is 0.897. The van der Waals surface area contributed by atoms with E-state index >= 15 is 0 Å². The molecule has 0 bridgehead atoms. The zero-order valence-corrected chi connectivity index (χ0v) is 14.2. The third kappa shape index (κ3) is 6.43. The van der Waals surface area contributed by atoms with Crippen molar-refractivity contribution in [2.75, 3.05) is 18.8 Å². The number of carbonyl (C=O) groups excluding carboxylic acids is 1. The van der Waals surface area contributed by atoms with Gasteiger partial charge in [-0.05, 0) is 30.7 Å². The molecule has 1 aliphatic rings. The summed E-state index contributed by atoms with van der Waals surface area (Å²) in [5, 5.41) is 9.99. The predicted molar refractivity (Wildman–Crippen MR) is 88.0 cm³/mol. The number of amides is 1. The average molecular weight is 345 g/mol. The molecule has 3 N–H and O–H groups in total. The number of nitrogens with one attached hydrogen (secondary N) is 1. The molecule has 0 radical (unpaired) electrons. The van der Waals surface area contributed by atoms with Crippen molar-refractivity contribution in [3.05, 3.63) is 22.4 Å². The number of nitrogens with zero attached hydrogens (tertiary/aromatic N) is 1. The maximum atomic E-state index is 11.8. The van der Waals surface area contributed by atoms with Crippen molar-refractivity contribution in [3.8, 4) is 0 Å². The summed E-state index contributed by atoms with van der Waals surface area (Å²) in [4.78, 5) is 15.5. The molecule has 0 unspecified atom stereocenters. The van der Waals surface area contributed by atoms with Crippen LogP contribution in [0.15, 0.2) is 17.5 Å².